The van der Waals surface area contributed by atoms with Crippen LogP contribution in [0.1, 0.15) is 36.2 Å². The van der Waals surface area contributed by atoms with Gasteiger partial charge in [-0.05, 0) is 37.8 Å². The van der Waals surface area contributed by atoms with Gasteiger partial charge < -0.3 is 10.0 Å². The predicted molar refractivity (Wildman–Crippen MR) is 69.6 cm³/mol. The zero-order valence-corrected chi connectivity index (χ0v) is 10.9. The molecule has 98 valence electrons. The lowest BCUT2D eigenvalue weighted by molar-refractivity contribution is 0.0556. The van der Waals surface area contributed by atoms with Crippen LogP contribution in [0.3, 0.4) is 0 Å². The van der Waals surface area contributed by atoms with Gasteiger partial charge in [0.15, 0.2) is 0 Å². The third-order valence-electron chi connectivity index (χ3n) is 3.27. The first-order valence-electron chi connectivity index (χ1n) is 6.26. The maximum Gasteiger partial charge on any atom is 0.272 e. The third kappa shape index (κ3) is 3.00. The normalized spacial score (nSPS) is 15.2. The Balaban J connectivity index is 2.11. The first-order chi connectivity index (χ1) is 8.72. The van der Waals surface area contributed by atoms with Crippen molar-refractivity contribution >= 4 is 17.5 Å². The van der Waals surface area contributed by atoms with Crippen molar-refractivity contribution in [2.24, 2.45) is 0 Å². The average molecular weight is 269 g/mol. The lowest BCUT2D eigenvalue weighted by atomic mass is 9.91. The highest BCUT2D eigenvalue weighted by Crippen LogP contribution is 2.26. The minimum Gasteiger partial charge on any atom is -0.396 e. The lowest BCUT2D eigenvalue weighted by Gasteiger charge is -2.37. The maximum absolute atomic E-state index is 12.4. The smallest absolute Gasteiger partial charge is 0.272 e. The minimum absolute atomic E-state index is 0.0874. The molecular weight excluding hydrogens is 252 g/mol. The van der Waals surface area contributed by atoms with Crippen molar-refractivity contribution in [2.45, 2.75) is 31.7 Å². The highest BCUT2D eigenvalue weighted by Gasteiger charge is 2.29. The molecule has 0 bridgehead atoms. The molecule has 1 saturated carbocycles. The SMILES string of the molecule is O=C(c1cc(Cl)ccn1)N(CCCO)C1CCC1. The molecular formula is C13H17ClN2O2. The van der Waals surface area contributed by atoms with E-state index in [-0.39, 0.29) is 12.5 Å². The second-order valence-electron chi connectivity index (χ2n) is 4.52. The van der Waals surface area contributed by atoms with Crippen molar-refractivity contribution in [1.82, 2.24) is 9.88 Å². The van der Waals surface area contributed by atoms with Gasteiger partial charge in [0.25, 0.3) is 5.91 Å². The summed E-state index contributed by atoms with van der Waals surface area (Å²) in [6.07, 6.45) is 5.38. The van der Waals surface area contributed by atoms with Gasteiger partial charge in [0, 0.05) is 30.4 Å². The van der Waals surface area contributed by atoms with Crippen molar-refractivity contribution < 1.29 is 9.90 Å². The van der Waals surface area contributed by atoms with Gasteiger partial charge in [0.2, 0.25) is 0 Å². The summed E-state index contributed by atoms with van der Waals surface area (Å²) in [5.41, 5.74) is 0.382. The molecule has 2 rings (SSSR count). The Morgan fingerprint density at radius 1 is 1.56 bits per heavy atom. The fourth-order valence-corrected chi connectivity index (χ4v) is 2.22. The quantitative estimate of drug-likeness (QED) is 0.890. The van der Waals surface area contributed by atoms with Gasteiger partial charge >= 0.3 is 0 Å². The molecule has 0 saturated heterocycles. The van der Waals surface area contributed by atoms with Crippen LogP contribution in [0, 0.1) is 0 Å². The van der Waals surface area contributed by atoms with E-state index >= 15 is 0 Å². The molecule has 0 unspecified atom stereocenters. The number of aliphatic hydroxyl groups excluding tert-OH is 1. The standard InChI is InChI=1S/C13H17ClN2O2/c14-10-5-6-15-12(9-10)13(18)16(7-2-8-17)11-3-1-4-11/h5-6,9,11,17H,1-4,7-8H2. The Morgan fingerprint density at radius 2 is 2.33 bits per heavy atom. The fraction of sp³-hybridized carbons (Fsp3) is 0.538. The van der Waals surface area contributed by atoms with Crippen LogP contribution < -0.4 is 0 Å². The Morgan fingerprint density at radius 3 is 2.89 bits per heavy atom. The summed E-state index contributed by atoms with van der Waals surface area (Å²) in [4.78, 5) is 18.2. The Hall–Kier alpha value is -1.13. The van der Waals surface area contributed by atoms with E-state index in [0.717, 1.165) is 19.3 Å². The van der Waals surface area contributed by atoms with Gasteiger partial charge in [-0.1, -0.05) is 11.6 Å². The van der Waals surface area contributed by atoms with Crippen LogP contribution in [0.5, 0.6) is 0 Å². The summed E-state index contributed by atoms with van der Waals surface area (Å²) < 4.78 is 0. The average Bonchev–Trinajstić information content (AvgIpc) is 2.31. The van der Waals surface area contributed by atoms with E-state index in [1.807, 2.05) is 4.90 Å². The number of pyridine rings is 1. The zero-order valence-electron chi connectivity index (χ0n) is 10.2. The number of hydrogen-bond donors (Lipinski definition) is 1. The maximum atomic E-state index is 12.4. The molecule has 1 N–H and O–H groups in total. The molecule has 1 aliphatic rings. The monoisotopic (exact) mass is 268 g/mol. The summed E-state index contributed by atoms with van der Waals surface area (Å²) in [6.45, 7) is 0.674. The fourth-order valence-electron chi connectivity index (χ4n) is 2.06. The number of halogens is 1. The van der Waals surface area contributed by atoms with Crippen LogP contribution in [0.2, 0.25) is 5.02 Å². The number of amides is 1. The molecule has 4 nitrogen and oxygen atoms in total. The summed E-state index contributed by atoms with van der Waals surface area (Å²) in [7, 11) is 0. The highest BCUT2D eigenvalue weighted by molar-refractivity contribution is 6.30. The zero-order chi connectivity index (χ0) is 13.0. The Kier molecular flexibility index (Phi) is 4.55. The van der Waals surface area contributed by atoms with E-state index in [1.165, 1.54) is 0 Å². The molecule has 1 amide bonds. The van der Waals surface area contributed by atoms with E-state index in [4.69, 9.17) is 16.7 Å². The van der Waals surface area contributed by atoms with E-state index < -0.39 is 0 Å². The van der Waals surface area contributed by atoms with Crippen molar-refractivity contribution in [3.05, 3.63) is 29.0 Å². The molecule has 1 fully saturated rings. The minimum atomic E-state index is -0.0874. The van der Waals surface area contributed by atoms with Gasteiger partial charge in [0.05, 0.1) is 0 Å². The number of hydrogen-bond acceptors (Lipinski definition) is 3. The van der Waals surface area contributed by atoms with Crippen molar-refractivity contribution in [1.29, 1.82) is 0 Å². The van der Waals surface area contributed by atoms with Gasteiger partial charge in [-0.25, -0.2) is 0 Å². The number of rotatable bonds is 5. The van der Waals surface area contributed by atoms with E-state index in [0.29, 0.717) is 29.7 Å². The molecule has 0 atom stereocenters. The number of nitrogens with zero attached hydrogens (tertiary/aromatic N) is 2. The van der Waals surface area contributed by atoms with Crippen LogP contribution in [-0.4, -0.2) is 40.1 Å². The lowest BCUT2D eigenvalue weighted by Crippen LogP contribution is -2.45. The van der Waals surface area contributed by atoms with E-state index in [9.17, 15) is 4.79 Å². The summed E-state index contributed by atoms with van der Waals surface area (Å²) in [5, 5.41) is 9.43. The highest BCUT2D eigenvalue weighted by atomic mass is 35.5. The first-order valence-corrected chi connectivity index (χ1v) is 6.63. The van der Waals surface area contributed by atoms with E-state index in [1.54, 1.807) is 18.3 Å². The molecule has 0 aliphatic heterocycles. The van der Waals surface area contributed by atoms with Crippen LogP contribution in [0.4, 0.5) is 0 Å². The van der Waals surface area contributed by atoms with Crippen LogP contribution >= 0.6 is 11.6 Å². The molecule has 1 aliphatic carbocycles. The van der Waals surface area contributed by atoms with E-state index in [2.05, 4.69) is 4.98 Å². The molecule has 5 heteroatoms. The first kappa shape index (κ1) is 13.3. The number of carbonyl (C=O) groups excluding carboxylic acids is 1. The van der Waals surface area contributed by atoms with Crippen LogP contribution in [-0.2, 0) is 0 Å². The molecule has 0 radical (unpaired) electrons. The second kappa shape index (κ2) is 6.16. The molecule has 18 heavy (non-hydrogen) atoms. The van der Waals surface area contributed by atoms with Gasteiger partial charge in [-0.3, -0.25) is 9.78 Å². The summed E-state index contributed by atoms with van der Waals surface area (Å²) in [5.74, 6) is -0.0874. The number of carbonyl (C=O) groups is 1. The third-order valence-corrected chi connectivity index (χ3v) is 3.51. The summed E-state index contributed by atoms with van der Waals surface area (Å²) in [6, 6.07) is 3.54. The Labute approximate surface area is 112 Å². The number of aliphatic hydroxyl groups is 1. The van der Waals surface area contributed by atoms with Crippen molar-refractivity contribution in [2.75, 3.05) is 13.2 Å². The van der Waals surface area contributed by atoms with Crippen molar-refractivity contribution in [3.63, 3.8) is 0 Å². The predicted octanol–water partition coefficient (Wildman–Crippen LogP) is 2.11. The van der Waals surface area contributed by atoms with Crippen molar-refractivity contribution in [3.8, 4) is 0 Å². The molecule has 0 spiro atoms. The van der Waals surface area contributed by atoms with Crippen LogP contribution in [0.15, 0.2) is 18.3 Å². The topological polar surface area (TPSA) is 53.4 Å². The molecule has 1 aromatic rings. The van der Waals surface area contributed by atoms with Gasteiger partial charge in [-0.15, -0.1) is 0 Å². The largest absolute Gasteiger partial charge is 0.396 e. The van der Waals surface area contributed by atoms with Gasteiger partial charge in [-0.2, -0.15) is 0 Å². The summed E-state index contributed by atoms with van der Waals surface area (Å²) >= 11 is 5.87. The Bertz CT molecular complexity index is 421. The molecule has 1 heterocycles. The number of aromatic nitrogens is 1. The van der Waals surface area contributed by atoms with Crippen LogP contribution in [0.25, 0.3) is 0 Å². The molecule has 1 aromatic heterocycles. The second-order valence-corrected chi connectivity index (χ2v) is 4.96. The molecule has 0 aromatic carbocycles. The van der Waals surface area contributed by atoms with Gasteiger partial charge in [0.1, 0.15) is 5.69 Å².